The van der Waals surface area contributed by atoms with E-state index in [1.54, 1.807) is 6.08 Å². The molecule has 4 heteroatoms. The van der Waals surface area contributed by atoms with Crippen LogP contribution in [0.5, 0.6) is 0 Å². The third-order valence-electron chi connectivity index (χ3n) is 5.11. The molecule has 4 nitrogen and oxygen atoms in total. The number of aryl methyl sites for hydroxylation is 1. The number of benzene rings is 1. The minimum atomic E-state index is -0.751. The summed E-state index contributed by atoms with van der Waals surface area (Å²) in [7, 11) is 0. The Bertz CT molecular complexity index is 674. The summed E-state index contributed by atoms with van der Waals surface area (Å²) in [6.07, 6.45) is 9.48. The predicted molar refractivity (Wildman–Crippen MR) is 101 cm³/mol. The highest BCUT2D eigenvalue weighted by molar-refractivity contribution is 6.04. The van der Waals surface area contributed by atoms with Crippen LogP contribution >= 0.6 is 0 Å². The summed E-state index contributed by atoms with van der Waals surface area (Å²) in [4.78, 5) is 35.0. The minimum Gasteiger partial charge on any atom is -0.481 e. The number of aliphatic carboxylic acids is 1. The number of hydrogen-bond donors (Lipinski definition) is 1. The molecule has 1 aliphatic carbocycles. The lowest BCUT2D eigenvalue weighted by molar-refractivity contribution is -0.137. The van der Waals surface area contributed by atoms with Crippen LogP contribution in [0.4, 0.5) is 0 Å². The van der Waals surface area contributed by atoms with Gasteiger partial charge in [0.2, 0.25) is 0 Å². The van der Waals surface area contributed by atoms with Crippen LogP contribution < -0.4 is 0 Å². The van der Waals surface area contributed by atoms with Crippen molar-refractivity contribution in [3.63, 3.8) is 0 Å². The minimum absolute atomic E-state index is 0.0102. The van der Waals surface area contributed by atoms with Crippen LogP contribution in [0.25, 0.3) is 0 Å². The van der Waals surface area contributed by atoms with Crippen molar-refractivity contribution in [1.82, 2.24) is 0 Å². The average Bonchev–Trinajstić information content (AvgIpc) is 2.95. The molecule has 0 aromatic heterocycles. The molecule has 1 aromatic rings. The van der Waals surface area contributed by atoms with E-state index in [1.807, 2.05) is 37.3 Å². The van der Waals surface area contributed by atoms with Gasteiger partial charge in [-0.3, -0.25) is 14.4 Å². The van der Waals surface area contributed by atoms with Crippen molar-refractivity contribution in [1.29, 1.82) is 0 Å². The predicted octanol–water partition coefficient (Wildman–Crippen LogP) is 4.75. The zero-order valence-corrected chi connectivity index (χ0v) is 15.4. The monoisotopic (exact) mass is 356 g/mol. The number of rotatable bonds is 10. The highest BCUT2D eigenvalue weighted by Crippen LogP contribution is 2.34. The van der Waals surface area contributed by atoms with Gasteiger partial charge in [0.1, 0.15) is 5.78 Å². The van der Waals surface area contributed by atoms with Gasteiger partial charge in [-0.1, -0.05) is 49.1 Å². The second-order valence-electron chi connectivity index (χ2n) is 7.21. The van der Waals surface area contributed by atoms with Crippen molar-refractivity contribution < 1.29 is 19.5 Å². The molecule has 0 aliphatic heterocycles. The number of Topliss-reactive ketones (excluding diaryl/α,β-unsaturated/α-hetero) is 1. The van der Waals surface area contributed by atoms with Crippen molar-refractivity contribution in [2.45, 2.75) is 58.3 Å². The SMILES string of the molecule is Cc1cccc(C(=O)C=C[C@H]2CCC(=O)[C@@H]2CCCCCCC(=O)O)c1. The summed E-state index contributed by atoms with van der Waals surface area (Å²) < 4.78 is 0. The number of hydrogen-bond acceptors (Lipinski definition) is 3. The number of carboxylic acids is 1. The number of unbranched alkanes of at least 4 members (excludes halogenated alkanes) is 3. The van der Waals surface area contributed by atoms with Gasteiger partial charge in [-0.25, -0.2) is 0 Å². The number of carbonyl (C=O) groups excluding carboxylic acids is 2. The number of ketones is 2. The standard InChI is InChI=1S/C22H28O4/c1-16-7-6-8-18(15-16)20(23)13-11-17-12-14-21(24)19(17)9-4-2-3-5-10-22(25)26/h6-8,11,13,15,17,19H,2-5,9-10,12,14H2,1H3,(H,25,26)/t17-,19+/m0/s1. The molecular formula is C22H28O4. The van der Waals surface area contributed by atoms with E-state index in [2.05, 4.69) is 0 Å². The summed E-state index contributed by atoms with van der Waals surface area (Å²) >= 11 is 0. The number of allylic oxidation sites excluding steroid dienone is 2. The Labute approximate surface area is 155 Å². The van der Waals surface area contributed by atoms with E-state index >= 15 is 0 Å². The Hall–Kier alpha value is -2.23. The molecule has 1 saturated carbocycles. The fourth-order valence-electron chi connectivity index (χ4n) is 3.64. The molecule has 0 radical (unpaired) electrons. The quantitative estimate of drug-likeness (QED) is 0.373. The van der Waals surface area contributed by atoms with Gasteiger partial charge >= 0.3 is 5.97 Å². The molecule has 0 unspecified atom stereocenters. The zero-order valence-electron chi connectivity index (χ0n) is 15.4. The second-order valence-corrected chi connectivity index (χ2v) is 7.21. The van der Waals surface area contributed by atoms with Crippen LogP contribution in [0.1, 0.15) is 67.3 Å². The first-order chi connectivity index (χ1) is 12.5. The van der Waals surface area contributed by atoms with Crippen molar-refractivity contribution in [3.05, 3.63) is 47.5 Å². The van der Waals surface area contributed by atoms with Crippen LogP contribution in [0.15, 0.2) is 36.4 Å². The van der Waals surface area contributed by atoms with E-state index in [4.69, 9.17) is 5.11 Å². The number of carboxylic acid groups (broad SMARTS) is 1. The van der Waals surface area contributed by atoms with Gasteiger partial charge in [0, 0.05) is 24.3 Å². The van der Waals surface area contributed by atoms with Crippen molar-refractivity contribution in [2.75, 3.05) is 0 Å². The van der Waals surface area contributed by atoms with E-state index in [9.17, 15) is 14.4 Å². The second kappa shape index (κ2) is 10.0. The van der Waals surface area contributed by atoms with Crippen LogP contribution in [-0.2, 0) is 9.59 Å². The van der Waals surface area contributed by atoms with Gasteiger partial charge in [-0.2, -0.15) is 0 Å². The molecule has 26 heavy (non-hydrogen) atoms. The normalized spacial score (nSPS) is 20.0. The van der Waals surface area contributed by atoms with Crippen molar-refractivity contribution in [3.8, 4) is 0 Å². The summed E-state index contributed by atoms with van der Waals surface area (Å²) in [5.41, 5.74) is 1.74. The molecule has 0 amide bonds. The molecule has 1 N–H and O–H groups in total. The smallest absolute Gasteiger partial charge is 0.303 e. The molecule has 1 aliphatic rings. The molecule has 2 atom stereocenters. The Morgan fingerprint density at radius 2 is 1.96 bits per heavy atom. The molecule has 140 valence electrons. The molecule has 1 fully saturated rings. The molecule has 0 saturated heterocycles. The van der Waals surface area contributed by atoms with Gasteiger partial charge < -0.3 is 5.11 Å². The molecular weight excluding hydrogens is 328 g/mol. The van der Waals surface area contributed by atoms with Crippen LogP contribution in [0.2, 0.25) is 0 Å². The highest BCUT2D eigenvalue weighted by Gasteiger charge is 2.32. The summed E-state index contributed by atoms with van der Waals surface area (Å²) in [5, 5.41) is 8.63. The van der Waals surface area contributed by atoms with E-state index in [1.165, 1.54) is 0 Å². The Kier molecular flexibility index (Phi) is 7.76. The topological polar surface area (TPSA) is 71.4 Å². The van der Waals surface area contributed by atoms with Gasteiger partial charge in [0.05, 0.1) is 0 Å². The van der Waals surface area contributed by atoms with Crippen LogP contribution in [-0.4, -0.2) is 22.6 Å². The maximum atomic E-state index is 12.3. The van der Waals surface area contributed by atoms with Gasteiger partial charge in [-0.15, -0.1) is 0 Å². The zero-order chi connectivity index (χ0) is 18.9. The van der Waals surface area contributed by atoms with Crippen LogP contribution in [0, 0.1) is 18.8 Å². The number of carbonyl (C=O) groups is 3. The fraction of sp³-hybridized carbons (Fsp3) is 0.500. The van der Waals surface area contributed by atoms with Crippen molar-refractivity contribution in [2.24, 2.45) is 11.8 Å². The fourth-order valence-corrected chi connectivity index (χ4v) is 3.64. The van der Waals surface area contributed by atoms with Crippen molar-refractivity contribution >= 4 is 17.5 Å². The molecule has 0 bridgehead atoms. The summed E-state index contributed by atoms with van der Waals surface area (Å²) in [6, 6.07) is 7.53. The lowest BCUT2D eigenvalue weighted by atomic mass is 9.89. The Morgan fingerprint density at radius 1 is 1.19 bits per heavy atom. The van der Waals surface area contributed by atoms with E-state index < -0.39 is 5.97 Å². The highest BCUT2D eigenvalue weighted by atomic mass is 16.4. The first kappa shape index (κ1) is 20.1. The maximum absolute atomic E-state index is 12.3. The summed E-state index contributed by atoms with van der Waals surface area (Å²) in [5.74, 6) is -0.306. The lowest BCUT2D eigenvalue weighted by Crippen LogP contribution is -2.13. The average molecular weight is 356 g/mol. The third-order valence-corrected chi connectivity index (χ3v) is 5.11. The van der Waals surface area contributed by atoms with Gasteiger partial charge in [-0.05, 0) is 44.2 Å². The molecule has 0 spiro atoms. The first-order valence-electron chi connectivity index (χ1n) is 9.51. The molecule has 1 aromatic carbocycles. The molecule has 2 rings (SSSR count). The molecule has 0 heterocycles. The van der Waals surface area contributed by atoms with E-state index in [0.717, 1.165) is 37.7 Å². The van der Waals surface area contributed by atoms with Gasteiger partial charge in [0.25, 0.3) is 0 Å². The third kappa shape index (κ3) is 6.25. The van der Waals surface area contributed by atoms with E-state index in [0.29, 0.717) is 24.2 Å². The summed E-state index contributed by atoms with van der Waals surface area (Å²) in [6.45, 7) is 1.96. The maximum Gasteiger partial charge on any atom is 0.303 e. The van der Waals surface area contributed by atoms with Crippen LogP contribution in [0.3, 0.4) is 0 Å². The Morgan fingerprint density at radius 3 is 2.69 bits per heavy atom. The van der Waals surface area contributed by atoms with Gasteiger partial charge in [0.15, 0.2) is 5.78 Å². The van der Waals surface area contributed by atoms with E-state index in [-0.39, 0.29) is 24.0 Å². The Balaban J connectivity index is 1.82. The largest absolute Gasteiger partial charge is 0.481 e. The first-order valence-corrected chi connectivity index (χ1v) is 9.51. The lowest BCUT2D eigenvalue weighted by Gasteiger charge is -2.14.